The lowest BCUT2D eigenvalue weighted by Crippen LogP contribution is -1.91. The molecule has 0 saturated carbocycles. The van der Waals surface area contributed by atoms with Gasteiger partial charge in [0.2, 0.25) is 0 Å². The molecule has 1 aromatic heterocycles. The Morgan fingerprint density at radius 1 is 1.53 bits per heavy atom. The van der Waals surface area contributed by atoms with Gasteiger partial charge in [0.15, 0.2) is 0 Å². The van der Waals surface area contributed by atoms with Gasteiger partial charge in [0, 0.05) is 11.9 Å². The molecule has 0 aliphatic heterocycles. The number of H-pyrrole nitrogens is 1. The number of allylic oxidation sites excluding steroid dienone is 6. The number of aromatic nitrogens is 1. The van der Waals surface area contributed by atoms with Crippen LogP contribution in [0.2, 0.25) is 0 Å². The molecule has 3 heteroatoms. The molecular formula is C14H15NO2. The van der Waals surface area contributed by atoms with E-state index in [9.17, 15) is 4.79 Å². The van der Waals surface area contributed by atoms with Crippen molar-refractivity contribution >= 4 is 11.5 Å². The molecule has 0 spiro atoms. The predicted molar refractivity (Wildman–Crippen MR) is 69.9 cm³/mol. The number of aromatic carboxylic acids is 1. The zero-order valence-electron chi connectivity index (χ0n) is 9.73. The van der Waals surface area contributed by atoms with Gasteiger partial charge in [-0.05, 0) is 18.6 Å². The third-order valence-corrected chi connectivity index (χ3v) is 2.17. The predicted octanol–water partition coefficient (Wildman–Crippen LogP) is 3.41. The van der Waals surface area contributed by atoms with Crippen LogP contribution in [0.3, 0.4) is 0 Å². The molecule has 0 aliphatic rings. The maximum atomic E-state index is 10.7. The van der Waals surface area contributed by atoms with E-state index < -0.39 is 5.97 Å². The SMILES string of the molecule is C=C/C=C\C(C)=C/C(=C)c1cc(C(=O)O)c[nH]1. The van der Waals surface area contributed by atoms with Gasteiger partial charge in [-0.25, -0.2) is 4.79 Å². The van der Waals surface area contributed by atoms with Crippen LogP contribution in [0, 0.1) is 0 Å². The van der Waals surface area contributed by atoms with Crippen LogP contribution >= 0.6 is 0 Å². The number of carboxylic acid groups (broad SMARTS) is 1. The number of carbonyl (C=O) groups is 1. The van der Waals surface area contributed by atoms with Crippen LogP contribution in [0.15, 0.2) is 55.3 Å². The minimum absolute atomic E-state index is 0.230. The van der Waals surface area contributed by atoms with Crippen LogP contribution < -0.4 is 0 Å². The molecule has 17 heavy (non-hydrogen) atoms. The first-order valence-corrected chi connectivity index (χ1v) is 5.13. The van der Waals surface area contributed by atoms with Gasteiger partial charge < -0.3 is 10.1 Å². The summed E-state index contributed by atoms with van der Waals surface area (Å²) in [4.78, 5) is 13.6. The summed E-state index contributed by atoms with van der Waals surface area (Å²) in [6.07, 6.45) is 8.75. The molecular weight excluding hydrogens is 214 g/mol. The Kier molecular flexibility index (Phi) is 4.29. The molecule has 2 N–H and O–H groups in total. The summed E-state index contributed by atoms with van der Waals surface area (Å²) in [7, 11) is 0. The molecule has 1 aromatic rings. The van der Waals surface area contributed by atoms with E-state index in [1.807, 2.05) is 25.2 Å². The molecule has 0 aromatic carbocycles. The van der Waals surface area contributed by atoms with Gasteiger partial charge in [0.05, 0.1) is 5.56 Å². The number of rotatable bonds is 5. The van der Waals surface area contributed by atoms with E-state index in [1.165, 1.54) is 6.20 Å². The first-order valence-electron chi connectivity index (χ1n) is 5.13. The fourth-order valence-corrected chi connectivity index (χ4v) is 1.32. The summed E-state index contributed by atoms with van der Waals surface area (Å²) in [5.41, 5.74) is 2.69. The molecule has 1 rings (SSSR count). The van der Waals surface area contributed by atoms with Crippen molar-refractivity contribution in [3.8, 4) is 0 Å². The number of nitrogens with one attached hydrogen (secondary N) is 1. The van der Waals surface area contributed by atoms with Gasteiger partial charge >= 0.3 is 5.97 Å². The van der Waals surface area contributed by atoms with Crippen molar-refractivity contribution in [1.82, 2.24) is 4.98 Å². The number of carboxylic acids is 1. The number of hydrogen-bond donors (Lipinski definition) is 2. The maximum Gasteiger partial charge on any atom is 0.337 e. The fraction of sp³-hybridized carbons (Fsp3) is 0.0714. The average molecular weight is 229 g/mol. The van der Waals surface area contributed by atoms with Gasteiger partial charge in [-0.15, -0.1) is 0 Å². The Morgan fingerprint density at radius 2 is 2.24 bits per heavy atom. The van der Waals surface area contributed by atoms with Crippen LogP contribution in [-0.4, -0.2) is 16.1 Å². The Balaban J connectivity index is 2.86. The summed E-state index contributed by atoms with van der Waals surface area (Å²) in [5.74, 6) is -0.951. The van der Waals surface area contributed by atoms with E-state index in [4.69, 9.17) is 5.11 Å². The minimum Gasteiger partial charge on any atom is -0.478 e. The van der Waals surface area contributed by atoms with Crippen molar-refractivity contribution in [2.75, 3.05) is 0 Å². The molecule has 0 radical (unpaired) electrons. The van der Waals surface area contributed by atoms with E-state index in [-0.39, 0.29) is 5.56 Å². The fourth-order valence-electron chi connectivity index (χ4n) is 1.32. The Hall–Kier alpha value is -2.29. The Bertz CT molecular complexity index is 504. The highest BCUT2D eigenvalue weighted by atomic mass is 16.4. The van der Waals surface area contributed by atoms with Gasteiger partial charge in [-0.2, -0.15) is 0 Å². The number of aromatic amines is 1. The third kappa shape index (κ3) is 3.65. The van der Waals surface area contributed by atoms with Crippen molar-refractivity contribution in [1.29, 1.82) is 0 Å². The van der Waals surface area contributed by atoms with E-state index >= 15 is 0 Å². The van der Waals surface area contributed by atoms with Crippen molar-refractivity contribution in [3.05, 3.63) is 66.6 Å². The standard InChI is InChI=1S/C14H15NO2/c1-4-5-6-10(2)7-11(3)13-8-12(9-15-13)14(16)17/h4-9,15H,1,3H2,2H3,(H,16,17)/b6-5-,10-7-. The van der Waals surface area contributed by atoms with Crippen molar-refractivity contribution < 1.29 is 9.90 Å². The Morgan fingerprint density at radius 3 is 2.76 bits per heavy atom. The first-order chi connectivity index (χ1) is 8.04. The zero-order chi connectivity index (χ0) is 12.8. The normalized spacial score (nSPS) is 11.7. The van der Waals surface area contributed by atoms with E-state index in [2.05, 4.69) is 18.1 Å². The van der Waals surface area contributed by atoms with E-state index in [0.29, 0.717) is 5.69 Å². The van der Waals surface area contributed by atoms with Crippen molar-refractivity contribution in [3.63, 3.8) is 0 Å². The summed E-state index contributed by atoms with van der Waals surface area (Å²) >= 11 is 0. The number of hydrogen-bond acceptors (Lipinski definition) is 1. The minimum atomic E-state index is -0.951. The molecule has 3 nitrogen and oxygen atoms in total. The van der Waals surface area contributed by atoms with Crippen LogP contribution in [0.4, 0.5) is 0 Å². The molecule has 0 fully saturated rings. The highest BCUT2D eigenvalue weighted by molar-refractivity contribution is 5.89. The second kappa shape index (κ2) is 5.70. The summed E-state index contributed by atoms with van der Waals surface area (Å²) in [6, 6.07) is 1.56. The summed E-state index contributed by atoms with van der Waals surface area (Å²) in [5, 5.41) is 8.79. The molecule has 1 heterocycles. The lowest BCUT2D eigenvalue weighted by molar-refractivity contribution is 0.0697. The molecule has 0 aliphatic carbocycles. The topological polar surface area (TPSA) is 53.1 Å². The molecule has 88 valence electrons. The van der Waals surface area contributed by atoms with Crippen molar-refractivity contribution in [2.24, 2.45) is 0 Å². The molecule has 0 saturated heterocycles. The second-order valence-electron chi connectivity index (χ2n) is 3.62. The second-order valence-corrected chi connectivity index (χ2v) is 3.62. The average Bonchev–Trinajstić information content (AvgIpc) is 2.75. The Labute approximate surface area is 100 Å². The van der Waals surface area contributed by atoms with Gasteiger partial charge in [-0.3, -0.25) is 0 Å². The summed E-state index contributed by atoms with van der Waals surface area (Å²) in [6.45, 7) is 9.41. The van der Waals surface area contributed by atoms with Crippen molar-refractivity contribution in [2.45, 2.75) is 6.92 Å². The van der Waals surface area contributed by atoms with Crippen LogP contribution in [-0.2, 0) is 0 Å². The lowest BCUT2D eigenvalue weighted by Gasteiger charge is -1.97. The van der Waals surface area contributed by atoms with Gasteiger partial charge in [-0.1, -0.05) is 43.0 Å². The third-order valence-electron chi connectivity index (χ3n) is 2.17. The van der Waals surface area contributed by atoms with E-state index in [0.717, 1.165) is 11.1 Å². The van der Waals surface area contributed by atoms with Crippen LogP contribution in [0.5, 0.6) is 0 Å². The molecule has 0 amide bonds. The largest absolute Gasteiger partial charge is 0.478 e. The molecule has 0 bridgehead atoms. The highest BCUT2D eigenvalue weighted by Gasteiger charge is 2.06. The maximum absolute atomic E-state index is 10.7. The monoisotopic (exact) mass is 229 g/mol. The molecule has 0 unspecified atom stereocenters. The van der Waals surface area contributed by atoms with Gasteiger partial charge in [0.1, 0.15) is 0 Å². The van der Waals surface area contributed by atoms with Gasteiger partial charge in [0.25, 0.3) is 0 Å². The smallest absolute Gasteiger partial charge is 0.337 e. The first kappa shape index (κ1) is 12.8. The highest BCUT2D eigenvalue weighted by Crippen LogP contribution is 2.16. The van der Waals surface area contributed by atoms with Crippen LogP contribution in [0.1, 0.15) is 23.0 Å². The van der Waals surface area contributed by atoms with E-state index in [1.54, 1.807) is 12.1 Å². The zero-order valence-corrected chi connectivity index (χ0v) is 9.73. The summed E-state index contributed by atoms with van der Waals surface area (Å²) < 4.78 is 0. The lowest BCUT2D eigenvalue weighted by atomic mass is 10.1. The molecule has 0 atom stereocenters. The quantitative estimate of drug-likeness (QED) is 0.760. The van der Waals surface area contributed by atoms with Crippen LogP contribution in [0.25, 0.3) is 5.57 Å².